The third-order valence-electron chi connectivity index (χ3n) is 1.14. The van der Waals surface area contributed by atoms with E-state index in [2.05, 4.69) is 32.8 Å². The first kappa shape index (κ1) is 7.98. The third-order valence-corrected chi connectivity index (χ3v) is 1.32. The summed E-state index contributed by atoms with van der Waals surface area (Å²) in [5.74, 6) is 2.91. The Labute approximate surface area is 68.8 Å². The first-order chi connectivity index (χ1) is 5.24. The highest BCUT2D eigenvalue weighted by atomic mass is 32.1. The zero-order chi connectivity index (χ0) is 8.27. The van der Waals surface area contributed by atoms with Crippen molar-refractivity contribution in [1.82, 2.24) is 10.1 Å². The van der Waals surface area contributed by atoms with E-state index in [0.29, 0.717) is 12.2 Å². The van der Waals surface area contributed by atoms with Crippen LogP contribution in [0.4, 0.5) is 0 Å². The molecule has 1 heterocycles. The van der Waals surface area contributed by atoms with Gasteiger partial charge in [-0.25, -0.2) is 5.16 Å². The minimum atomic E-state index is -0.319. The first-order valence-corrected chi connectivity index (χ1v) is 3.39. The second kappa shape index (κ2) is 3.32. The molecule has 0 saturated heterocycles. The number of nitrogens with two attached hydrogens (primary N) is 1. The minimum Gasteiger partial charge on any atom is -0.348 e. The summed E-state index contributed by atoms with van der Waals surface area (Å²) < 4.78 is 4.66. The number of hydrogen-bond acceptors (Lipinski definition) is 4. The number of H-pyrrole nitrogens is 1. The molecule has 1 rings (SSSR count). The van der Waals surface area contributed by atoms with E-state index in [-0.39, 0.29) is 10.9 Å². The minimum absolute atomic E-state index is 0.146. The summed E-state index contributed by atoms with van der Waals surface area (Å²) in [6.45, 7) is 0. The number of hydrogen-bond donors (Lipinski definition) is 2. The van der Waals surface area contributed by atoms with Gasteiger partial charge in [-0.05, 0) is 12.2 Å². The van der Waals surface area contributed by atoms with Crippen LogP contribution in [0.15, 0.2) is 4.52 Å². The van der Waals surface area contributed by atoms with Crippen LogP contribution >= 0.6 is 12.2 Å². The molecule has 5 heteroatoms. The molecule has 0 unspecified atom stereocenters. The lowest BCUT2D eigenvalue weighted by atomic mass is 10.2. The van der Waals surface area contributed by atoms with Gasteiger partial charge in [-0.2, -0.15) is 4.98 Å². The molecule has 0 fully saturated rings. The van der Waals surface area contributed by atoms with Gasteiger partial charge in [0.15, 0.2) is 5.82 Å². The zero-order valence-electron chi connectivity index (χ0n) is 5.70. The SMILES string of the molecule is C#CC[C@@H](N)c1nc(=S)o[nH]1. The lowest BCUT2D eigenvalue weighted by molar-refractivity contribution is 0.394. The molecule has 58 valence electrons. The van der Waals surface area contributed by atoms with Crippen molar-refractivity contribution in [2.45, 2.75) is 12.5 Å². The molecule has 0 bridgehead atoms. The van der Waals surface area contributed by atoms with Crippen LogP contribution in [0.2, 0.25) is 0 Å². The van der Waals surface area contributed by atoms with Crippen molar-refractivity contribution in [3.63, 3.8) is 0 Å². The van der Waals surface area contributed by atoms with Crippen molar-refractivity contribution in [2.24, 2.45) is 5.73 Å². The topological polar surface area (TPSA) is 67.8 Å². The van der Waals surface area contributed by atoms with Gasteiger partial charge in [0.2, 0.25) is 0 Å². The molecule has 1 aromatic heterocycles. The molecule has 0 aromatic carbocycles. The lowest BCUT2D eigenvalue weighted by Crippen LogP contribution is -2.10. The Hall–Kier alpha value is -1.12. The van der Waals surface area contributed by atoms with Gasteiger partial charge < -0.3 is 10.3 Å². The molecule has 0 aliphatic rings. The highest BCUT2D eigenvalue weighted by Gasteiger charge is 2.07. The maximum absolute atomic E-state index is 5.58. The molecule has 0 spiro atoms. The number of nitrogens with one attached hydrogen (secondary N) is 1. The molecule has 0 radical (unpaired) electrons. The highest BCUT2D eigenvalue weighted by Crippen LogP contribution is 2.06. The molecular formula is C6H7N3OS. The highest BCUT2D eigenvalue weighted by molar-refractivity contribution is 7.71. The Balaban J connectivity index is 2.78. The van der Waals surface area contributed by atoms with Crippen LogP contribution < -0.4 is 5.73 Å². The molecule has 0 aliphatic carbocycles. The molecule has 11 heavy (non-hydrogen) atoms. The van der Waals surface area contributed by atoms with Crippen molar-refractivity contribution >= 4 is 12.2 Å². The number of aromatic nitrogens is 2. The van der Waals surface area contributed by atoms with E-state index in [0.717, 1.165) is 0 Å². The molecular weight excluding hydrogens is 162 g/mol. The van der Waals surface area contributed by atoms with E-state index in [1.54, 1.807) is 0 Å². The van der Waals surface area contributed by atoms with Crippen molar-refractivity contribution < 1.29 is 4.52 Å². The predicted molar refractivity (Wildman–Crippen MR) is 42.1 cm³/mol. The summed E-state index contributed by atoms with van der Waals surface area (Å²) in [6, 6.07) is -0.319. The summed E-state index contributed by atoms with van der Waals surface area (Å²) in [5.41, 5.74) is 5.58. The van der Waals surface area contributed by atoms with E-state index in [4.69, 9.17) is 12.2 Å². The normalized spacial score (nSPS) is 12.4. The van der Waals surface area contributed by atoms with Gasteiger partial charge in [0.05, 0.1) is 6.04 Å². The lowest BCUT2D eigenvalue weighted by Gasteiger charge is -1.99. The number of nitrogens with zero attached hydrogens (tertiary/aromatic N) is 1. The summed E-state index contributed by atoms with van der Waals surface area (Å²) in [6.07, 6.45) is 5.46. The summed E-state index contributed by atoms with van der Waals surface area (Å²) in [7, 11) is 0. The maximum atomic E-state index is 5.58. The van der Waals surface area contributed by atoms with Gasteiger partial charge in [-0.3, -0.25) is 0 Å². The Morgan fingerprint density at radius 3 is 3.09 bits per heavy atom. The number of aromatic amines is 1. The second-order valence-corrected chi connectivity index (χ2v) is 2.33. The molecule has 4 nitrogen and oxygen atoms in total. The standard InChI is InChI=1S/C6H7N3OS/c1-2-3-4(7)5-8-6(11)10-9-5/h1,4H,3,7H2,(H,8,9,11)/t4-/m1/s1. The monoisotopic (exact) mass is 169 g/mol. The molecule has 0 aliphatic heterocycles. The average Bonchev–Trinajstić information content (AvgIpc) is 2.36. The smallest absolute Gasteiger partial charge is 0.314 e. The fourth-order valence-electron chi connectivity index (χ4n) is 0.622. The van der Waals surface area contributed by atoms with Crippen LogP contribution in [0.25, 0.3) is 0 Å². The Morgan fingerprint density at radius 2 is 2.64 bits per heavy atom. The van der Waals surface area contributed by atoms with Gasteiger partial charge in [-0.1, -0.05) is 0 Å². The van der Waals surface area contributed by atoms with Gasteiger partial charge in [0.1, 0.15) is 0 Å². The molecule has 0 saturated carbocycles. The fourth-order valence-corrected chi connectivity index (χ4v) is 0.762. The Kier molecular flexibility index (Phi) is 2.41. The summed E-state index contributed by atoms with van der Waals surface area (Å²) in [5, 5.41) is 2.48. The summed E-state index contributed by atoms with van der Waals surface area (Å²) >= 11 is 4.62. The molecule has 3 N–H and O–H groups in total. The molecule has 1 atom stereocenters. The number of rotatable bonds is 2. The largest absolute Gasteiger partial charge is 0.348 e. The van der Waals surface area contributed by atoms with Crippen LogP contribution in [-0.4, -0.2) is 10.1 Å². The quantitative estimate of drug-likeness (QED) is 0.506. The van der Waals surface area contributed by atoms with Gasteiger partial charge >= 0.3 is 4.84 Å². The first-order valence-electron chi connectivity index (χ1n) is 2.98. The van der Waals surface area contributed by atoms with E-state index < -0.39 is 0 Å². The Bertz CT molecular complexity index is 321. The predicted octanol–water partition coefficient (Wildman–Crippen LogP) is 0.755. The van der Waals surface area contributed by atoms with Crippen LogP contribution in [-0.2, 0) is 0 Å². The molecule has 1 aromatic rings. The summed E-state index contributed by atoms with van der Waals surface area (Å²) in [4.78, 5) is 3.95. The van der Waals surface area contributed by atoms with Gasteiger partial charge in [0.25, 0.3) is 0 Å². The zero-order valence-corrected chi connectivity index (χ0v) is 6.52. The van der Waals surface area contributed by atoms with E-state index >= 15 is 0 Å². The van der Waals surface area contributed by atoms with E-state index in [9.17, 15) is 0 Å². The fraction of sp³-hybridized carbons (Fsp3) is 0.333. The van der Waals surface area contributed by atoms with Crippen LogP contribution in [0.1, 0.15) is 18.3 Å². The van der Waals surface area contributed by atoms with E-state index in [1.807, 2.05) is 0 Å². The van der Waals surface area contributed by atoms with Crippen molar-refractivity contribution in [3.05, 3.63) is 10.7 Å². The average molecular weight is 169 g/mol. The van der Waals surface area contributed by atoms with Gasteiger partial charge in [0, 0.05) is 6.42 Å². The Morgan fingerprint density at radius 1 is 1.91 bits per heavy atom. The molecule has 0 amide bonds. The second-order valence-electron chi connectivity index (χ2n) is 1.98. The van der Waals surface area contributed by atoms with Gasteiger partial charge in [-0.15, -0.1) is 12.3 Å². The van der Waals surface area contributed by atoms with Crippen molar-refractivity contribution in [2.75, 3.05) is 0 Å². The van der Waals surface area contributed by atoms with Crippen LogP contribution in [0, 0.1) is 17.2 Å². The van der Waals surface area contributed by atoms with Crippen molar-refractivity contribution in [1.29, 1.82) is 0 Å². The maximum Gasteiger partial charge on any atom is 0.314 e. The van der Waals surface area contributed by atoms with Crippen molar-refractivity contribution in [3.8, 4) is 12.3 Å². The third kappa shape index (κ3) is 1.90. The number of terminal acetylenes is 1. The van der Waals surface area contributed by atoms with Crippen LogP contribution in [0.3, 0.4) is 0 Å². The van der Waals surface area contributed by atoms with Crippen LogP contribution in [0.5, 0.6) is 0 Å². The van der Waals surface area contributed by atoms with E-state index in [1.165, 1.54) is 0 Å².